The maximum atomic E-state index is 11.7. The van der Waals surface area contributed by atoms with E-state index in [1.807, 2.05) is 27.7 Å². The molecule has 0 bridgehead atoms. The van der Waals surface area contributed by atoms with Crippen LogP contribution in [-0.2, 0) is 9.47 Å². The maximum Gasteiger partial charge on any atom is 0.184 e. The van der Waals surface area contributed by atoms with Crippen molar-refractivity contribution in [1.29, 1.82) is 0 Å². The molecule has 254 valence electrons. The van der Waals surface area contributed by atoms with Gasteiger partial charge in [0.2, 0.25) is 0 Å². The molecule has 6 heteroatoms. The van der Waals surface area contributed by atoms with Gasteiger partial charge in [-0.2, -0.15) is 0 Å². The average Bonchev–Trinajstić information content (AvgIpc) is 3.25. The first-order valence-corrected chi connectivity index (χ1v) is 18.1. The molecule has 0 radical (unpaired) electrons. The van der Waals surface area contributed by atoms with Crippen LogP contribution in [0.5, 0.6) is 0 Å². The topological polar surface area (TPSA) is 99.4 Å². The summed E-state index contributed by atoms with van der Waals surface area (Å²) in [5.74, 6) is 0.867. The number of fused-ring (bicyclic) bond motifs is 4. The van der Waals surface area contributed by atoms with Crippen LogP contribution >= 0.6 is 0 Å². The molecule has 0 aromatic heterocycles. The monoisotopic (exact) mass is 618 g/mol. The lowest BCUT2D eigenvalue weighted by Crippen LogP contribution is -2.55. The molecule has 2 saturated carbocycles. The second-order valence-corrected chi connectivity index (χ2v) is 17.9. The molecule has 6 nitrogen and oxygen atoms in total. The molecular formula is C38H66O6. The lowest BCUT2D eigenvalue weighted by Gasteiger charge is -2.62. The van der Waals surface area contributed by atoms with Crippen LogP contribution in [0.4, 0.5) is 0 Å². The van der Waals surface area contributed by atoms with Gasteiger partial charge in [-0.3, -0.25) is 0 Å². The molecule has 8 unspecified atom stereocenters. The van der Waals surface area contributed by atoms with Crippen molar-refractivity contribution in [3.8, 4) is 0 Å². The Kier molecular flexibility index (Phi) is 9.40. The first-order chi connectivity index (χ1) is 20.3. The molecule has 4 aliphatic carbocycles. The minimum atomic E-state index is -0.889. The molecule has 0 aromatic rings. The summed E-state index contributed by atoms with van der Waals surface area (Å²) in [5, 5.41) is 43.8. The SMILES string of the molecule is CCC1OC(OC(C)(C)CCC(O)[C@@H](C)C2CC[C@@]3(C)C4=C(CC[C@]23C)[C@@]2(C)CC[C@H](O)C(C)(C)C2CC4)C(O)C(C)C1O. The molecular weight excluding hydrogens is 552 g/mol. The molecule has 0 aromatic carbocycles. The van der Waals surface area contributed by atoms with Crippen LogP contribution in [-0.4, -0.2) is 62.8 Å². The van der Waals surface area contributed by atoms with E-state index >= 15 is 0 Å². The normalized spacial score (nSPS) is 47.0. The molecule has 1 aliphatic heterocycles. The zero-order valence-corrected chi connectivity index (χ0v) is 29.7. The smallest absolute Gasteiger partial charge is 0.184 e. The van der Waals surface area contributed by atoms with Crippen molar-refractivity contribution in [2.45, 2.75) is 182 Å². The fourth-order valence-corrected chi connectivity index (χ4v) is 11.5. The number of ether oxygens (including phenoxy) is 2. The van der Waals surface area contributed by atoms with Crippen LogP contribution in [0.1, 0.15) is 140 Å². The van der Waals surface area contributed by atoms with E-state index in [0.29, 0.717) is 31.1 Å². The lowest BCUT2D eigenvalue weighted by molar-refractivity contribution is -0.310. The molecule has 1 heterocycles. The van der Waals surface area contributed by atoms with Crippen molar-refractivity contribution in [2.24, 2.45) is 45.3 Å². The van der Waals surface area contributed by atoms with Crippen LogP contribution in [0.2, 0.25) is 0 Å². The van der Waals surface area contributed by atoms with E-state index < -0.39 is 30.2 Å². The van der Waals surface area contributed by atoms with Gasteiger partial charge in [-0.05, 0) is 124 Å². The van der Waals surface area contributed by atoms with E-state index in [0.717, 1.165) is 32.1 Å². The van der Waals surface area contributed by atoms with E-state index in [2.05, 4.69) is 41.5 Å². The van der Waals surface area contributed by atoms with Gasteiger partial charge in [0.1, 0.15) is 6.10 Å². The molecule has 5 aliphatic rings. The Morgan fingerprint density at radius 3 is 2.27 bits per heavy atom. The summed E-state index contributed by atoms with van der Waals surface area (Å²) in [6.07, 6.45) is 7.67. The number of aliphatic hydroxyl groups excluding tert-OH is 4. The van der Waals surface area contributed by atoms with Gasteiger partial charge < -0.3 is 29.9 Å². The van der Waals surface area contributed by atoms with Crippen molar-refractivity contribution < 1.29 is 29.9 Å². The third-order valence-corrected chi connectivity index (χ3v) is 15.0. The van der Waals surface area contributed by atoms with Gasteiger partial charge in [0.15, 0.2) is 6.29 Å². The Bertz CT molecular complexity index is 1080. The average molecular weight is 619 g/mol. The number of rotatable bonds is 8. The second-order valence-electron chi connectivity index (χ2n) is 17.9. The lowest BCUT2D eigenvalue weighted by atomic mass is 9.43. The van der Waals surface area contributed by atoms with Crippen LogP contribution in [0.3, 0.4) is 0 Å². The van der Waals surface area contributed by atoms with E-state index in [4.69, 9.17) is 9.47 Å². The summed E-state index contributed by atoms with van der Waals surface area (Å²) in [6.45, 7) is 22.4. The zero-order valence-electron chi connectivity index (χ0n) is 29.7. The van der Waals surface area contributed by atoms with Gasteiger partial charge in [-0.15, -0.1) is 0 Å². The second kappa shape index (κ2) is 11.9. The van der Waals surface area contributed by atoms with Gasteiger partial charge in [-0.25, -0.2) is 0 Å². The molecule has 1 saturated heterocycles. The Morgan fingerprint density at radius 2 is 1.61 bits per heavy atom. The van der Waals surface area contributed by atoms with Gasteiger partial charge in [-0.1, -0.05) is 66.5 Å². The summed E-state index contributed by atoms with van der Waals surface area (Å²) < 4.78 is 12.3. The highest BCUT2D eigenvalue weighted by molar-refractivity contribution is 5.38. The minimum Gasteiger partial charge on any atom is -0.393 e. The van der Waals surface area contributed by atoms with Crippen LogP contribution in [0.15, 0.2) is 11.1 Å². The van der Waals surface area contributed by atoms with Gasteiger partial charge in [0.25, 0.3) is 0 Å². The van der Waals surface area contributed by atoms with E-state index in [1.165, 1.54) is 19.3 Å². The number of allylic oxidation sites excluding steroid dienone is 2. The van der Waals surface area contributed by atoms with Crippen LogP contribution < -0.4 is 0 Å². The molecule has 0 spiro atoms. The molecule has 13 atom stereocenters. The third kappa shape index (κ3) is 5.38. The highest BCUT2D eigenvalue weighted by Gasteiger charge is 2.63. The Labute approximate surface area is 268 Å². The first kappa shape index (κ1) is 34.8. The van der Waals surface area contributed by atoms with Gasteiger partial charge >= 0.3 is 0 Å². The van der Waals surface area contributed by atoms with Crippen molar-refractivity contribution in [3.63, 3.8) is 0 Å². The van der Waals surface area contributed by atoms with E-state index in [-0.39, 0.29) is 45.7 Å². The molecule has 3 fully saturated rings. The standard InChI is InChI=1S/C38H66O6/c1-11-28-31(41)23(3)32(42)33(43-28)44-34(4,5)18-16-27(39)22(2)24-14-20-38(10)26-12-13-29-35(6,7)30(40)17-19-36(29,8)25(26)15-21-37(24,38)9/h22-24,27-33,39-42H,11-21H2,1-10H3/t22-,23?,24?,27?,28?,29?,30-,31?,32?,33?,36+,37+,38-/m0/s1. The fraction of sp³-hybridized carbons (Fsp3) is 0.947. The zero-order chi connectivity index (χ0) is 32.6. The highest BCUT2D eigenvalue weighted by atomic mass is 16.7. The van der Waals surface area contributed by atoms with Crippen LogP contribution in [0.25, 0.3) is 0 Å². The molecule has 44 heavy (non-hydrogen) atoms. The van der Waals surface area contributed by atoms with Crippen molar-refractivity contribution in [3.05, 3.63) is 11.1 Å². The van der Waals surface area contributed by atoms with E-state index in [9.17, 15) is 20.4 Å². The summed E-state index contributed by atoms with van der Waals surface area (Å²) >= 11 is 0. The molecule has 0 amide bonds. The largest absolute Gasteiger partial charge is 0.393 e. The van der Waals surface area contributed by atoms with Crippen molar-refractivity contribution >= 4 is 0 Å². The fourth-order valence-electron chi connectivity index (χ4n) is 11.5. The quantitative estimate of drug-likeness (QED) is 0.216. The third-order valence-electron chi connectivity index (χ3n) is 15.0. The number of hydrogen-bond acceptors (Lipinski definition) is 6. The predicted octanol–water partition coefficient (Wildman–Crippen LogP) is 7.16. The first-order valence-electron chi connectivity index (χ1n) is 18.1. The Balaban J connectivity index is 1.27. The number of hydrogen-bond donors (Lipinski definition) is 4. The highest BCUT2D eigenvalue weighted by Crippen LogP contribution is 2.72. The summed E-state index contributed by atoms with van der Waals surface area (Å²) in [5.41, 5.74) is 3.38. The predicted molar refractivity (Wildman–Crippen MR) is 175 cm³/mol. The minimum absolute atomic E-state index is 0.0417. The molecule has 5 rings (SSSR count). The van der Waals surface area contributed by atoms with Crippen LogP contribution in [0, 0.1) is 45.3 Å². The van der Waals surface area contributed by atoms with Crippen molar-refractivity contribution in [2.75, 3.05) is 0 Å². The summed E-state index contributed by atoms with van der Waals surface area (Å²) in [4.78, 5) is 0. The number of aliphatic hydroxyl groups is 4. The molecule has 4 N–H and O–H groups in total. The summed E-state index contributed by atoms with van der Waals surface area (Å²) in [7, 11) is 0. The van der Waals surface area contributed by atoms with Gasteiger partial charge in [0.05, 0.1) is 30.0 Å². The maximum absolute atomic E-state index is 11.7. The van der Waals surface area contributed by atoms with E-state index in [1.54, 1.807) is 11.1 Å². The van der Waals surface area contributed by atoms with Crippen molar-refractivity contribution in [1.82, 2.24) is 0 Å². The Hall–Kier alpha value is -0.500. The Morgan fingerprint density at radius 1 is 0.932 bits per heavy atom. The summed E-state index contributed by atoms with van der Waals surface area (Å²) in [6, 6.07) is 0. The van der Waals surface area contributed by atoms with Gasteiger partial charge in [0, 0.05) is 5.92 Å².